The summed E-state index contributed by atoms with van der Waals surface area (Å²) in [6.07, 6.45) is 3.10. The van der Waals surface area contributed by atoms with Gasteiger partial charge in [0, 0.05) is 12.6 Å². The number of carbonyl (C=O) groups excluding carboxylic acids is 1. The van der Waals surface area contributed by atoms with Crippen LogP contribution < -0.4 is 14.4 Å². The van der Waals surface area contributed by atoms with Crippen molar-refractivity contribution in [1.29, 1.82) is 0 Å². The first-order chi connectivity index (χ1) is 13.4. The summed E-state index contributed by atoms with van der Waals surface area (Å²) in [5, 5.41) is 2.88. The minimum absolute atomic E-state index is 0.302. The van der Waals surface area contributed by atoms with Crippen molar-refractivity contribution in [3.05, 3.63) is 60.2 Å². The number of sulfonamides is 1. The van der Waals surface area contributed by atoms with Gasteiger partial charge in [-0.05, 0) is 37.0 Å². The molecule has 0 heterocycles. The molecule has 0 aromatic heterocycles. The lowest BCUT2D eigenvalue weighted by Gasteiger charge is -2.30. The third-order valence-corrected chi connectivity index (χ3v) is 5.60. The molecule has 152 valence electrons. The van der Waals surface area contributed by atoms with Crippen molar-refractivity contribution in [2.45, 2.75) is 32.2 Å². The van der Waals surface area contributed by atoms with Gasteiger partial charge in [0.05, 0.1) is 19.1 Å². The molecule has 1 unspecified atom stereocenters. The van der Waals surface area contributed by atoms with Gasteiger partial charge in [-0.3, -0.25) is 9.10 Å². The van der Waals surface area contributed by atoms with E-state index in [0.717, 1.165) is 19.1 Å². The SMILES string of the molecule is CCC(C(=O)NCCCc1ccccc1)N(c1cccc(OC)c1)S(C)(=O)=O. The summed E-state index contributed by atoms with van der Waals surface area (Å²) in [6.45, 7) is 2.28. The fourth-order valence-corrected chi connectivity index (χ4v) is 4.28. The lowest BCUT2D eigenvalue weighted by atomic mass is 10.1. The maximum absolute atomic E-state index is 12.8. The Balaban J connectivity index is 2.08. The molecule has 0 aliphatic heterocycles. The second kappa shape index (κ2) is 10.1. The Morgan fingerprint density at radius 2 is 1.86 bits per heavy atom. The van der Waals surface area contributed by atoms with Crippen LogP contribution in [0.1, 0.15) is 25.3 Å². The van der Waals surface area contributed by atoms with Gasteiger partial charge in [-0.2, -0.15) is 0 Å². The minimum Gasteiger partial charge on any atom is -0.497 e. The molecule has 0 aliphatic rings. The lowest BCUT2D eigenvalue weighted by molar-refractivity contribution is -0.122. The van der Waals surface area contributed by atoms with E-state index in [1.807, 2.05) is 30.3 Å². The summed E-state index contributed by atoms with van der Waals surface area (Å²) in [5.41, 5.74) is 1.62. The van der Waals surface area contributed by atoms with Gasteiger partial charge in [0.25, 0.3) is 0 Å². The van der Waals surface area contributed by atoms with E-state index in [4.69, 9.17) is 4.74 Å². The molecule has 1 atom stereocenters. The predicted octanol–water partition coefficient (Wildman–Crippen LogP) is 2.99. The second-order valence-corrected chi connectivity index (χ2v) is 8.42. The van der Waals surface area contributed by atoms with E-state index in [0.29, 0.717) is 24.4 Å². The molecule has 1 N–H and O–H groups in total. The van der Waals surface area contributed by atoms with Gasteiger partial charge >= 0.3 is 0 Å². The Labute approximate surface area is 167 Å². The largest absolute Gasteiger partial charge is 0.497 e. The second-order valence-electron chi connectivity index (χ2n) is 6.56. The number of hydrogen-bond acceptors (Lipinski definition) is 4. The number of carbonyl (C=O) groups is 1. The Morgan fingerprint density at radius 1 is 1.14 bits per heavy atom. The smallest absolute Gasteiger partial charge is 0.243 e. The average molecular weight is 405 g/mol. The lowest BCUT2D eigenvalue weighted by Crippen LogP contribution is -2.49. The molecular formula is C21H28N2O4S. The van der Waals surface area contributed by atoms with Crippen LogP contribution in [0.25, 0.3) is 0 Å². The van der Waals surface area contributed by atoms with Crippen LogP contribution in [-0.4, -0.2) is 40.3 Å². The number of methoxy groups -OCH3 is 1. The summed E-state index contributed by atoms with van der Waals surface area (Å²) in [7, 11) is -2.14. The zero-order valence-corrected chi connectivity index (χ0v) is 17.4. The summed E-state index contributed by atoms with van der Waals surface area (Å²) >= 11 is 0. The van der Waals surface area contributed by atoms with E-state index in [1.54, 1.807) is 31.2 Å². The summed E-state index contributed by atoms with van der Waals surface area (Å²) < 4.78 is 31.3. The van der Waals surface area contributed by atoms with E-state index in [1.165, 1.54) is 17.0 Å². The standard InChI is InChI=1S/C21H28N2O4S/c1-4-20(21(24)22-15-9-12-17-10-6-5-7-11-17)23(28(3,25)26)18-13-8-14-19(16-18)27-2/h5-8,10-11,13-14,16,20H,4,9,12,15H2,1-3H3,(H,22,24). The number of anilines is 1. The number of aryl methyl sites for hydroxylation is 1. The van der Waals surface area contributed by atoms with Crippen LogP contribution in [0, 0.1) is 0 Å². The molecule has 0 spiro atoms. The zero-order valence-electron chi connectivity index (χ0n) is 16.6. The Bertz CT molecular complexity index is 869. The Hall–Kier alpha value is -2.54. The molecule has 0 bridgehead atoms. The van der Waals surface area contributed by atoms with Crippen molar-refractivity contribution in [3.63, 3.8) is 0 Å². The number of rotatable bonds is 10. The first-order valence-corrected chi connectivity index (χ1v) is 11.2. The zero-order chi connectivity index (χ0) is 20.6. The van der Waals surface area contributed by atoms with E-state index in [9.17, 15) is 13.2 Å². The summed E-state index contributed by atoms with van der Waals surface area (Å²) in [6, 6.07) is 15.9. The number of nitrogens with one attached hydrogen (secondary N) is 1. The van der Waals surface area contributed by atoms with Crippen molar-refractivity contribution in [3.8, 4) is 5.75 Å². The quantitative estimate of drug-likeness (QED) is 0.618. The highest BCUT2D eigenvalue weighted by Gasteiger charge is 2.31. The van der Waals surface area contributed by atoms with E-state index < -0.39 is 16.1 Å². The molecule has 1 amide bonds. The van der Waals surface area contributed by atoms with Crippen LogP contribution in [0.5, 0.6) is 5.75 Å². The number of nitrogens with zero attached hydrogens (tertiary/aromatic N) is 1. The van der Waals surface area contributed by atoms with E-state index >= 15 is 0 Å². The molecular weight excluding hydrogens is 376 g/mol. The summed E-state index contributed by atoms with van der Waals surface area (Å²) in [5.74, 6) is 0.230. The first-order valence-electron chi connectivity index (χ1n) is 9.32. The van der Waals surface area contributed by atoms with Crippen LogP contribution in [0.15, 0.2) is 54.6 Å². The van der Waals surface area contributed by atoms with Crippen molar-refractivity contribution < 1.29 is 17.9 Å². The summed E-state index contributed by atoms with van der Waals surface area (Å²) in [4.78, 5) is 12.8. The fourth-order valence-electron chi connectivity index (χ4n) is 3.07. The highest BCUT2D eigenvalue weighted by atomic mass is 32.2. The maximum Gasteiger partial charge on any atom is 0.243 e. The van der Waals surface area contributed by atoms with Gasteiger partial charge in [0.15, 0.2) is 0 Å². The third kappa shape index (κ3) is 5.99. The van der Waals surface area contributed by atoms with Crippen molar-refractivity contribution in [2.24, 2.45) is 0 Å². The molecule has 0 saturated carbocycles. The molecule has 0 fully saturated rings. The van der Waals surface area contributed by atoms with E-state index in [-0.39, 0.29) is 5.91 Å². The van der Waals surface area contributed by atoms with Crippen LogP contribution in [0.4, 0.5) is 5.69 Å². The van der Waals surface area contributed by atoms with Crippen LogP contribution in [0.2, 0.25) is 0 Å². The molecule has 2 aromatic rings. The highest BCUT2D eigenvalue weighted by molar-refractivity contribution is 7.92. The normalized spacial score (nSPS) is 12.2. The fraction of sp³-hybridized carbons (Fsp3) is 0.381. The Morgan fingerprint density at radius 3 is 2.46 bits per heavy atom. The molecule has 6 nitrogen and oxygen atoms in total. The predicted molar refractivity (Wildman–Crippen MR) is 112 cm³/mol. The first kappa shape index (κ1) is 21.8. The molecule has 28 heavy (non-hydrogen) atoms. The van der Waals surface area contributed by atoms with Crippen LogP contribution in [0.3, 0.4) is 0 Å². The van der Waals surface area contributed by atoms with Gasteiger partial charge in [0.2, 0.25) is 15.9 Å². The molecule has 7 heteroatoms. The van der Waals surface area contributed by atoms with Gasteiger partial charge in [0.1, 0.15) is 11.8 Å². The molecule has 0 saturated heterocycles. The highest BCUT2D eigenvalue weighted by Crippen LogP contribution is 2.26. The number of hydrogen-bond donors (Lipinski definition) is 1. The molecule has 0 radical (unpaired) electrons. The minimum atomic E-state index is -3.66. The number of benzene rings is 2. The average Bonchev–Trinajstić information content (AvgIpc) is 2.69. The number of amides is 1. The van der Waals surface area contributed by atoms with Crippen molar-refractivity contribution in [2.75, 3.05) is 24.2 Å². The maximum atomic E-state index is 12.8. The molecule has 2 rings (SSSR count). The van der Waals surface area contributed by atoms with Crippen molar-refractivity contribution >= 4 is 21.6 Å². The number of ether oxygens (including phenoxy) is 1. The third-order valence-electron chi connectivity index (χ3n) is 4.42. The van der Waals surface area contributed by atoms with Gasteiger partial charge < -0.3 is 10.1 Å². The van der Waals surface area contributed by atoms with Gasteiger partial charge in [-0.15, -0.1) is 0 Å². The van der Waals surface area contributed by atoms with Crippen molar-refractivity contribution in [1.82, 2.24) is 5.32 Å². The van der Waals surface area contributed by atoms with Crippen LogP contribution in [-0.2, 0) is 21.2 Å². The monoisotopic (exact) mass is 404 g/mol. The molecule has 0 aliphatic carbocycles. The van der Waals surface area contributed by atoms with Gasteiger partial charge in [-0.1, -0.05) is 43.3 Å². The van der Waals surface area contributed by atoms with E-state index in [2.05, 4.69) is 5.32 Å². The topological polar surface area (TPSA) is 75.7 Å². The van der Waals surface area contributed by atoms with Crippen LogP contribution >= 0.6 is 0 Å². The van der Waals surface area contributed by atoms with Gasteiger partial charge in [-0.25, -0.2) is 8.42 Å². The Kier molecular flexibility index (Phi) is 7.87. The molecule has 2 aromatic carbocycles.